The third-order valence-corrected chi connectivity index (χ3v) is 6.39. The Hall–Kier alpha value is -0.470. The van der Waals surface area contributed by atoms with Gasteiger partial charge >= 0.3 is 0 Å². The van der Waals surface area contributed by atoms with Crippen molar-refractivity contribution in [1.82, 2.24) is 5.32 Å². The van der Waals surface area contributed by atoms with E-state index < -0.39 is 0 Å². The molecule has 1 nitrogen and oxygen atoms in total. The third kappa shape index (κ3) is 4.50. The molecule has 0 heterocycles. The Morgan fingerprint density at radius 1 is 1.24 bits per heavy atom. The molecule has 3 atom stereocenters. The third-order valence-electron chi connectivity index (χ3n) is 4.85. The quantitative estimate of drug-likeness (QED) is 0.802. The smallest absolute Gasteiger partial charge is 0.0251 e. The molecule has 0 bridgehead atoms. The normalized spacial score (nSPS) is 26.3. The van der Waals surface area contributed by atoms with E-state index in [-0.39, 0.29) is 0 Å². The Morgan fingerprint density at radius 3 is 2.62 bits per heavy atom. The first kappa shape index (κ1) is 16.9. The van der Waals surface area contributed by atoms with Crippen molar-refractivity contribution in [2.45, 2.75) is 70.1 Å². The van der Waals surface area contributed by atoms with E-state index in [1.807, 2.05) is 0 Å². The summed E-state index contributed by atoms with van der Waals surface area (Å²) in [5.41, 5.74) is 2.80. The first-order chi connectivity index (χ1) is 10.0. The lowest BCUT2D eigenvalue weighted by Gasteiger charge is -2.38. The van der Waals surface area contributed by atoms with Crippen molar-refractivity contribution in [3.8, 4) is 0 Å². The highest BCUT2D eigenvalue weighted by Gasteiger charge is 2.32. The Balaban J connectivity index is 2.11. The number of aryl methyl sites for hydroxylation is 2. The van der Waals surface area contributed by atoms with E-state index in [1.54, 1.807) is 0 Å². The van der Waals surface area contributed by atoms with Gasteiger partial charge in [0.2, 0.25) is 0 Å². The lowest BCUT2D eigenvalue weighted by Crippen LogP contribution is -2.43. The molecule has 3 unspecified atom stereocenters. The van der Waals surface area contributed by atoms with Crippen LogP contribution in [0.25, 0.3) is 0 Å². The average molecular weight is 306 g/mol. The van der Waals surface area contributed by atoms with Crippen LogP contribution < -0.4 is 5.32 Å². The van der Waals surface area contributed by atoms with Crippen molar-refractivity contribution in [1.29, 1.82) is 0 Å². The first-order valence-corrected chi connectivity index (χ1v) is 9.36. The van der Waals surface area contributed by atoms with Gasteiger partial charge in [-0.05, 0) is 63.1 Å². The molecule has 0 radical (unpaired) electrons. The van der Waals surface area contributed by atoms with Crippen LogP contribution in [0.5, 0.6) is 0 Å². The monoisotopic (exact) mass is 305 g/mol. The Morgan fingerprint density at radius 2 is 2.00 bits per heavy atom. The summed E-state index contributed by atoms with van der Waals surface area (Å²) in [5.74, 6) is 1.71. The van der Waals surface area contributed by atoms with E-state index in [9.17, 15) is 0 Å². The molecule has 1 saturated carbocycles. The number of rotatable bonds is 5. The lowest BCUT2D eigenvalue weighted by molar-refractivity contribution is 0.247. The van der Waals surface area contributed by atoms with E-state index in [2.05, 4.69) is 69.9 Å². The van der Waals surface area contributed by atoms with Crippen LogP contribution in [-0.2, 0) is 0 Å². The molecule has 21 heavy (non-hydrogen) atoms. The maximum absolute atomic E-state index is 3.72. The standard InChI is InChI=1S/C19H31NS/c1-6-20-17-9-8-16(13(2)3)12-19(17)21-18-10-7-14(4)11-15(18)5/h7,10-11,13,16-17,19-20H,6,8-9,12H2,1-5H3. The van der Waals surface area contributed by atoms with Crippen LogP contribution in [0, 0.1) is 25.7 Å². The number of thioether (sulfide) groups is 1. The highest BCUT2D eigenvalue weighted by Crippen LogP contribution is 2.40. The summed E-state index contributed by atoms with van der Waals surface area (Å²) >= 11 is 2.11. The van der Waals surface area contributed by atoms with Gasteiger partial charge in [-0.25, -0.2) is 0 Å². The number of hydrogen-bond acceptors (Lipinski definition) is 2. The molecule has 1 fully saturated rings. The Kier molecular flexibility index (Phi) is 6.19. The summed E-state index contributed by atoms with van der Waals surface area (Å²) in [7, 11) is 0. The van der Waals surface area contributed by atoms with Crippen molar-refractivity contribution in [2.75, 3.05) is 6.54 Å². The summed E-state index contributed by atoms with van der Waals surface area (Å²) in [6.45, 7) is 12.5. The highest BCUT2D eigenvalue weighted by molar-refractivity contribution is 8.00. The molecular weight excluding hydrogens is 274 g/mol. The van der Waals surface area contributed by atoms with Crippen LogP contribution in [0.4, 0.5) is 0 Å². The molecule has 1 N–H and O–H groups in total. The first-order valence-electron chi connectivity index (χ1n) is 8.48. The fourth-order valence-electron chi connectivity index (χ4n) is 3.49. The van der Waals surface area contributed by atoms with E-state index in [1.165, 1.54) is 35.3 Å². The largest absolute Gasteiger partial charge is 0.313 e. The minimum absolute atomic E-state index is 0.677. The van der Waals surface area contributed by atoms with Crippen LogP contribution in [0.2, 0.25) is 0 Å². The number of nitrogens with one attached hydrogen (secondary N) is 1. The predicted molar refractivity (Wildman–Crippen MR) is 95.2 cm³/mol. The van der Waals surface area contributed by atoms with E-state index in [0.29, 0.717) is 11.3 Å². The molecule has 0 amide bonds. The SMILES string of the molecule is CCNC1CCC(C(C)C)CC1Sc1ccc(C)cc1C. The van der Waals surface area contributed by atoms with Crippen LogP contribution >= 0.6 is 11.8 Å². The molecule has 2 heteroatoms. The lowest BCUT2D eigenvalue weighted by atomic mass is 9.79. The second kappa shape index (κ2) is 7.69. The molecule has 1 aromatic carbocycles. The topological polar surface area (TPSA) is 12.0 Å². The van der Waals surface area contributed by atoms with Gasteiger partial charge in [-0.2, -0.15) is 0 Å². The molecular formula is C19H31NS. The van der Waals surface area contributed by atoms with Gasteiger partial charge in [0.1, 0.15) is 0 Å². The zero-order chi connectivity index (χ0) is 15.4. The molecule has 0 aliphatic heterocycles. The van der Waals surface area contributed by atoms with Gasteiger partial charge in [0.05, 0.1) is 0 Å². The molecule has 0 spiro atoms. The summed E-state index contributed by atoms with van der Waals surface area (Å²) < 4.78 is 0. The molecule has 1 aromatic rings. The van der Waals surface area contributed by atoms with E-state index in [0.717, 1.165) is 18.4 Å². The van der Waals surface area contributed by atoms with Gasteiger partial charge < -0.3 is 5.32 Å². The predicted octanol–water partition coefficient (Wildman–Crippen LogP) is 5.20. The van der Waals surface area contributed by atoms with Crippen molar-refractivity contribution < 1.29 is 0 Å². The second-order valence-corrected chi connectivity index (χ2v) is 8.19. The van der Waals surface area contributed by atoms with E-state index in [4.69, 9.17) is 0 Å². The van der Waals surface area contributed by atoms with Crippen LogP contribution in [0.15, 0.2) is 23.1 Å². The number of benzene rings is 1. The fraction of sp³-hybridized carbons (Fsp3) is 0.684. The zero-order valence-electron chi connectivity index (χ0n) is 14.3. The summed E-state index contributed by atoms with van der Waals surface area (Å²) in [5, 5.41) is 4.44. The average Bonchev–Trinajstić information content (AvgIpc) is 2.43. The zero-order valence-corrected chi connectivity index (χ0v) is 15.1. The Bertz CT molecular complexity index is 455. The summed E-state index contributed by atoms with van der Waals surface area (Å²) in [6, 6.07) is 7.56. The summed E-state index contributed by atoms with van der Waals surface area (Å²) in [6.07, 6.45) is 4.08. The highest BCUT2D eigenvalue weighted by atomic mass is 32.2. The van der Waals surface area contributed by atoms with Crippen molar-refractivity contribution in [2.24, 2.45) is 11.8 Å². The minimum atomic E-state index is 0.677. The molecule has 1 aliphatic carbocycles. The van der Waals surface area contributed by atoms with Crippen molar-refractivity contribution >= 4 is 11.8 Å². The van der Waals surface area contributed by atoms with E-state index >= 15 is 0 Å². The summed E-state index contributed by atoms with van der Waals surface area (Å²) in [4.78, 5) is 1.47. The van der Waals surface area contributed by atoms with Crippen LogP contribution in [0.1, 0.15) is 51.2 Å². The van der Waals surface area contributed by atoms with Gasteiger partial charge in [0.15, 0.2) is 0 Å². The van der Waals surface area contributed by atoms with Gasteiger partial charge in [0, 0.05) is 16.2 Å². The van der Waals surface area contributed by atoms with Crippen LogP contribution in [-0.4, -0.2) is 17.8 Å². The molecule has 2 rings (SSSR count). The van der Waals surface area contributed by atoms with Gasteiger partial charge in [-0.3, -0.25) is 0 Å². The van der Waals surface area contributed by atoms with Crippen LogP contribution in [0.3, 0.4) is 0 Å². The molecule has 118 valence electrons. The fourth-order valence-corrected chi connectivity index (χ4v) is 4.94. The van der Waals surface area contributed by atoms with Gasteiger partial charge in [-0.15, -0.1) is 11.8 Å². The Labute approximate surface area is 135 Å². The van der Waals surface area contributed by atoms with Crippen molar-refractivity contribution in [3.63, 3.8) is 0 Å². The number of hydrogen-bond donors (Lipinski definition) is 1. The van der Waals surface area contributed by atoms with Gasteiger partial charge in [-0.1, -0.05) is 38.5 Å². The molecule has 1 aliphatic rings. The maximum atomic E-state index is 3.72. The molecule has 0 aromatic heterocycles. The maximum Gasteiger partial charge on any atom is 0.0251 e. The minimum Gasteiger partial charge on any atom is -0.313 e. The molecule has 0 saturated heterocycles. The second-order valence-electron chi connectivity index (χ2n) is 6.91. The van der Waals surface area contributed by atoms with Crippen molar-refractivity contribution in [3.05, 3.63) is 29.3 Å². The van der Waals surface area contributed by atoms with Gasteiger partial charge in [0.25, 0.3) is 0 Å².